The van der Waals surface area contributed by atoms with Gasteiger partial charge in [0.05, 0.1) is 20.2 Å². The molecule has 3 aromatic rings. The summed E-state index contributed by atoms with van der Waals surface area (Å²) in [4.78, 5) is 32.4. The van der Waals surface area contributed by atoms with Gasteiger partial charge in [-0.2, -0.15) is 0 Å². The van der Waals surface area contributed by atoms with E-state index in [-0.39, 0.29) is 24.0 Å². The Hall–Kier alpha value is -2.26. The Morgan fingerprint density at radius 2 is 1.90 bits per heavy atom. The van der Waals surface area contributed by atoms with Crippen LogP contribution in [0.15, 0.2) is 30.3 Å². The number of fused-ring (bicyclic) bond motifs is 1. The van der Waals surface area contributed by atoms with Crippen molar-refractivity contribution in [2.24, 2.45) is 0 Å². The summed E-state index contributed by atoms with van der Waals surface area (Å²) < 4.78 is 0.820. The Morgan fingerprint density at radius 3 is 2.50 bits per heavy atom. The minimum absolute atomic E-state index is 0. The second-order valence-electron chi connectivity index (χ2n) is 7.01. The number of nitro groups is 1. The molecular formula is C20H22Cl2N4O3S. The third-order valence-electron chi connectivity index (χ3n) is 4.67. The van der Waals surface area contributed by atoms with Crippen LogP contribution in [0.3, 0.4) is 0 Å². The summed E-state index contributed by atoms with van der Waals surface area (Å²) in [5.41, 5.74) is 2.29. The van der Waals surface area contributed by atoms with Crippen LogP contribution in [0.2, 0.25) is 5.02 Å². The van der Waals surface area contributed by atoms with Gasteiger partial charge in [0.25, 0.3) is 11.6 Å². The molecule has 0 aliphatic carbocycles. The molecular weight excluding hydrogens is 447 g/mol. The molecule has 10 heteroatoms. The Morgan fingerprint density at radius 1 is 1.20 bits per heavy atom. The van der Waals surface area contributed by atoms with E-state index in [1.165, 1.54) is 23.5 Å². The van der Waals surface area contributed by atoms with Gasteiger partial charge in [0, 0.05) is 30.3 Å². The van der Waals surface area contributed by atoms with Gasteiger partial charge in [-0.05, 0) is 45.6 Å². The van der Waals surface area contributed by atoms with Crippen LogP contribution in [-0.4, -0.2) is 47.9 Å². The van der Waals surface area contributed by atoms with E-state index in [1.807, 2.05) is 38.1 Å². The first-order valence-corrected chi connectivity index (χ1v) is 10.2. The predicted octanol–water partition coefficient (Wildman–Crippen LogP) is 5.10. The van der Waals surface area contributed by atoms with Crippen molar-refractivity contribution < 1.29 is 9.72 Å². The molecule has 0 fully saturated rings. The molecule has 2 aromatic carbocycles. The first-order chi connectivity index (χ1) is 13.7. The highest BCUT2D eigenvalue weighted by molar-refractivity contribution is 7.23. The second kappa shape index (κ2) is 9.70. The second-order valence-corrected chi connectivity index (χ2v) is 8.39. The maximum Gasteiger partial charge on any atom is 0.273 e. The van der Waals surface area contributed by atoms with Gasteiger partial charge in [0.1, 0.15) is 0 Å². The van der Waals surface area contributed by atoms with Crippen molar-refractivity contribution in [2.45, 2.75) is 13.8 Å². The number of benzene rings is 2. The van der Waals surface area contributed by atoms with Crippen LogP contribution < -0.4 is 4.90 Å². The van der Waals surface area contributed by atoms with Crippen molar-refractivity contribution >= 4 is 62.3 Å². The minimum atomic E-state index is -0.475. The molecule has 0 saturated heterocycles. The lowest BCUT2D eigenvalue weighted by molar-refractivity contribution is -0.385. The molecule has 0 saturated carbocycles. The summed E-state index contributed by atoms with van der Waals surface area (Å²) in [6.45, 7) is 4.54. The topological polar surface area (TPSA) is 79.6 Å². The normalized spacial score (nSPS) is 10.9. The Labute approximate surface area is 189 Å². The molecule has 1 amide bonds. The summed E-state index contributed by atoms with van der Waals surface area (Å²) in [5, 5.41) is 12.4. The lowest BCUT2D eigenvalue weighted by atomic mass is 10.1. The molecule has 0 bridgehead atoms. The van der Waals surface area contributed by atoms with Crippen molar-refractivity contribution in [3.8, 4) is 0 Å². The molecule has 1 aromatic heterocycles. The van der Waals surface area contributed by atoms with Crippen molar-refractivity contribution in [1.29, 1.82) is 0 Å². The zero-order valence-corrected chi connectivity index (χ0v) is 19.4. The summed E-state index contributed by atoms with van der Waals surface area (Å²) in [7, 11) is 3.83. The monoisotopic (exact) mass is 468 g/mol. The van der Waals surface area contributed by atoms with Crippen molar-refractivity contribution in [1.82, 2.24) is 9.88 Å². The fourth-order valence-corrected chi connectivity index (χ4v) is 4.33. The van der Waals surface area contributed by atoms with Crippen molar-refractivity contribution in [2.75, 3.05) is 32.1 Å². The van der Waals surface area contributed by atoms with E-state index in [1.54, 1.807) is 17.9 Å². The number of aromatic nitrogens is 1. The molecule has 0 N–H and O–H groups in total. The van der Waals surface area contributed by atoms with Gasteiger partial charge in [0.2, 0.25) is 0 Å². The number of hydrogen-bond donors (Lipinski definition) is 0. The Bertz CT molecular complexity index is 1060. The molecule has 160 valence electrons. The Balaban J connectivity index is 0.00000320. The molecule has 0 aliphatic rings. The summed E-state index contributed by atoms with van der Waals surface area (Å²) in [5.74, 6) is -0.319. The molecule has 0 unspecified atom stereocenters. The summed E-state index contributed by atoms with van der Waals surface area (Å²) in [6, 6.07) is 8.25. The first kappa shape index (κ1) is 24.0. The standard InChI is InChI=1S/C20H21ClN4O3S.ClH/c1-12-8-9-15(21)18-17(12)22-20(29-18)24(11-10-23(3)4)19(26)14-6-5-7-16(13(14)2)25(27)28;/h5-9H,10-11H2,1-4H3;1H. The lowest BCUT2D eigenvalue weighted by Gasteiger charge is -2.22. The fraction of sp³-hybridized carbons (Fsp3) is 0.300. The maximum absolute atomic E-state index is 13.4. The van der Waals surface area contributed by atoms with Crippen molar-refractivity contribution in [3.05, 3.63) is 62.2 Å². The molecule has 1 heterocycles. The van der Waals surface area contributed by atoms with Crippen LogP contribution in [0.5, 0.6) is 0 Å². The number of likely N-dealkylation sites (N-methyl/N-ethyl adjacent to an activating group) is 1. The molecule has 0 atom stereocenters. The zero-order chi connectivity index (χ0) is 21.3. The third kappa shape index (κ3) is 4.73. The molecule has 0 aliphatic heterocycles. The van der Waals surface area contributed by atoms with Gasteiger partial charge in [-0.25, -0.2) is 4.98 Å². The number of aryl methyl sites for hydroxylation is 1. The van der Waals surface area contributed by atoms with E-state index in [4.69, 9.17) is 11.6 Å². The highest BCUT2D eigenvalue weighted by Gasteiger charge is 2.26. The van der Waals surface area contributed by atoms with Gasteiger partial charge >= 0.3 is 0 Å². The van der Waals surface area contributed by atoms with E-state index in [2.05, 4.69) is 4.98 Å². The van der Waals surface area contributed by atoms with E-state index in [0.717, 1.165) is 15.8 Å². The van der Waals surface area contributed by atoms with Gasteiger partial charge in [0.15, 0.2) is 5.13 Å². The average Bonchev–Trinajstić information content (AvgIpc) is 3.11. The van der Waals surface area contributed by atoms with Gasteiger partial charge in [-0.1, -0.05) is 35.1 Å². The zero-order valence-electron chi connectivity index (χ0n) is 17.0. The van der Waals surface area contributed by atoms with Crippen LogP contribution >= 0.6 is 35.3 Å². The smallest absolute Gasteiger partial charge is 0.273 e. The number of rotatable bonds is 6. The summed E-state index contributed by atoms with van der Waals surface area (Å²) in [6.07, 6.45) is 0. The predicted molar refractivity (Wildman–Crippen MR) is 125 cm³/mol. The van der Waals surface area contributed by atoms with E-state index < -0.39 is 4.92 Å². The molecule has 30 heavy (non-hydrogen) atoms. The van der Waals surface area contributed by atoms with Gasteiger partial charge < -0.3 is 4.90 Å². The third-order valence-corrected chi connectivity index (χ3v) is 6.20. The molecule has 7 nitrogen and oxygen atoms in total. The molecule has 3 rings (SSSR count). The van der Waals surface area contributed by atoms with Crippen LogP contribution in [0.25, 0.3) is 10.2 Å². The number of halogens is 2. The molecule has 0 radical (unpaired) electrons. The number of carbonyl (C=O) groups excluding carboxylic acids is 1. The quantitative estimate of drug-likeness (QED) is 0.371. The van der Waals surface area contributed by atoms with E-state index in [0.29, 0.717) is 34.4 Å². The molecule has 0 spiro atoms. The van der Waals surface area contributed by atoms with E-state index >= 15 is 0 Å². The highest BCUT2D eigenvalue weighted by atomic mass is 35.5. The average molecular weight is 469 g/mol. The maximum atomic E-state index is 13.4. The minimum Gasteiger partial charge on any atom is -0.308 e. The lowest BCUT2D eigenvalue weighted by Crippen LogP contribution is -2.37. The van der Waals surface area contributed by atoms with Crippen LogP contribution in [0.1, 0.15) is 21.5 Å². The first-order valence-electron chi connectivity index (χ1n) is 8.97. The van der Waals surface area contributed by atoms with Gasteiger partial charge in [-0.3, -0.25) is 19.8 Å². The van der Waals surface area contributed by atoms with Crippen molar-refractivity contribution in [3.63, 3.8) is 0 Å². The van der Waals surface area contributed by atoms with Gasteiger partial charge in [-0.15, -0.1) is 12.4 Å². The van der Waals surface area contributed by atoms with E-state index in [9.17, 15) is 14.9 Å². The number of thiazole rings is 1. The highest BCUT2D eigenvalue weighted by Crippen LogP contribution is 2.36. The number of nitrogens with zero attached hydrogens (tertiary/aromatic N) is 4. The SMILES string of the molecule is Cc1c(C(=O)N(CCN(C)C)c2nc3c(C)ccc(Cl)c3s2)cccc1[N+](=O)[O-].Cl. The Kier molecular flexibility index (Phi) is 7.76. The number of carbonyl (C=O) groups is 1. The number of hydrogen-bond acceptors (Lipinski definition) is 6. The van der Waals surface area contributed by atoms with Crippen LogP contribution in [0, 0.1) is 24.0 Å². The number of anilines is 1. The fourth-order valence-electron chi connectivity index (χ4n) is 2.99. The van der Waals surface area contributed by atoms with Crippen LogP contribution in [-0.2, 0) is 0 Å². The number of nitro benzene ring substituents is 1. The summed E-state index contributed by atoms with van der Waals surface area (Å²) >= 11 is 7.68. The van der Waals surface area contributed by atoms with Crippen LogP contribution in [0.4, 0.5) is 10.8 Å². The largest absolute Gasteiger partial charge is 0.308 e. The number of amides is 1.